The number of amides is 1. The molecule has 2 aliphatic rings. The number of halogens is 2. The highest BCUT2D eigenvalue weighted by atomic mass is 35.5. The van der Waals surface area contributed by atoms with Crippen molar-refractivity contribution >= 4 is 30.7 Å². The van der Waals surface area contributed by atoms with Gasteiger partial charge < -0.3 is 15.1 Å². The Morgan fingerprint density at radius 2 is 1.80 bits per heavy atom. The summed E-state index contributed by atoms with van der Waals surface area (Å²) in [5.74, 6) is 0.570. The van der Waals surface area contributed by atoms with Gasteiger partial charge in [0.15, 0.2) is 0 Å². The molecule has 6 heteroatoms. The molecule has 0 aromatic carbocycles. The van der Waals surface area contributed by atoms with Crippen LogP contribution in [0, 0.1) is 5.92 Å². The lowest BCUT2D eigenvalue weighted by Gasteiger charge is -2.39. The molecule has 0 radical (unpaired) electrons. The zero-order chi connectivity index (χ0) is 13.1. The van der Waals surface area contributed by atoms with Crippen LogP contribution < -0.4 is 5.32 Å². The van der Waals surface area contributed by atoms with Crippen LogP contribution in [0.1, 0.15) is 33.1 Å². The van der Waals surface area contributed by atoms with Crippen LogP contribution in [-0.4, -0.2) is 61.0 Å². The monoisotopic (exact) mass is 325 g/mol. The Morgan fingerprint density at radius 1 is 1.20 bits per heavy atom. The Labute approximate surface area is 135 Å². The second kappa shape index (κ2) is 9.08. The second-order valence-electron chi connectivity index (χ2n) is 6.00. The third kappa shape index (κ3) is 4.76. The summed E-state index contributed by atoms with van der Waals surface area (Å²) in [4.78, 5) is 16.9. The minimum absolute atomic E-state index is 0. The van der Waals surface area contributed by atoms with E-state index in [2.05, 4.69) is 24.1 Å². The summed E-state index contributed by atoms with van der Waals surface area (Å²) >= 11 is 0. The van der Waals surface area contributed by atoms with Crippen LogP contribution in [0.4, 0.5) is 0 Å². The van der Waals surface area contributed by atoms with E-state index in [9.17, 15) is 4.79 Å². The van der Waals surface area contributed by atoms with Crippen LogP contribution in [0.2, 0.25) is 0 Å². The van der Waals surface area contributed by atoms with Crippen molar-refractivity contribution in [2.24, 2.45) is 5.92 Å². The van der Waals surface area contributed by atoms with E-state index in [0.717, 1.165) is 45.4 Å². The number of carbonyl (C=O) groups is 1. The SMILES string of the molecule is CC(C)N1CCC(N(C)C(=O)C2CCNC2)CC1.Cl.Cl. The van der Waals surface area contributed by atoms with Crippen molar-refractivity contribution in [3.05, 3.63) is 0 Å². The zero-order valence-electron chi connectivity index (χ0n) is 12.8. The standard InChI is InChI=1S/C14H27N3O.2ClH/c1-11(2)17-8-5-13(6-9-17)16(3)14(18)12-4-7-15-10-12;;/h11-13,15H,4-10H2,1-3H3;2*1H. The number of likely N-dealkylation sites (tertiary alicyclic amines) is 1. The smallest absolute Gasteiger partial charge is 0.227 e. The van der Waals surface area contributed by atoms with Gasteiger partial charge in [-0.15, -0.1) is 24.8 Å². The molecule has 1 atom stereocenters. The Hall–Kier alpha value is -0.0300. The highest BCUT2D eigenvalue weighted by Gasteiger charge is 2.31. The fourth-order valence-electron chi connectivity index (χ4n) is 3.12. The third-order valence-corrected chi connectivity index (χ3v) is 4.53. The maximum atomic E-state index is 12.3. The summed E-state index contributed by atoms with van der Waals surface area (Å²) in [6.07, 6.45) is 3.26. The molecule has 20 heavy (non-hydrogen) atoms. The molecule has 0 aromatic heterocycles. The van der Waals surface area contributed by atoms with Crippen molar-refractivity contribution in [3.8, 4) is 0 Å². The molecule has 2 rings (SSSR count). The van der Waals surface area contributed by atoms with Gasteiger partial charge in [0.25, 0.3) is 0 Å². The number of piperidine rings is 1. The Kier molecular flexibility index (Phi) is 9.07. The molecular weight excluding hydrogens is 297 g/mol. The van der Waals surface area contributed by atoms with Crippen molar-refractivity contribution in [3.63, 3.8) is 0 Å². The molecule has 2 aliphatic heterocycles. The van der Waals surface area contributed by atoms with Crippen LogP contribution in [-0.2, 0) is 4.79 Å². The lowest BCUT2D eigenvalue weighted by Crippen LogP contribution is -2.48. The van der Waals surface area contributed by atoms with E-state index in [4.69, 9.17) is 0 Å². The minimum Gasteiger partial charge on any atom is -0.342 e. The topological polar surface area (TPSA) is 35.6 Å². The van der Waals surface area contributed by atoms with Crippen molar-refractivity contribution in [2.75, 3.05) is 33.2 Å². The normalized spacial score (nSPS) is 24.1. The summed E-state index contributed by atoms with van der Waals surface area (Å²) in [6.45, 7) is 8.62. The highest BCUT2D eigenvalue weighted by Crippen LogP contribution is 2.20. The molecule has 0 aliphatic carbocycles. The lowest BCUT2D eigenvalue weighted by molar-refractivity contribution is -0.136. The van der Waals surface area contributed by atoms with Crippen LogP contribution in [0.5, 0.6) is 0 Å². The molecule has 0 bridgehead atoms. The predicted octanol–water partition coefficient (Wildman–Crippen LogP) is 1.77. The molecule has 2 fully saturated rings. The predicted molar refractivity (Wildman–Crippen MR) is 88.0 cm³/mol. The van der Waals surface area contributed by atoms with Crippen molar-refractivity contribution < 1.29 is 4.79 Å². The van der Waals surface area contributed by atoms with E-state index in [0.29, 0.717) is 18.0 Å². The van der Waals surface area contributed by atoms with Crippen LogP contribution in [0.3, 0.4) is 0 Å². The zero-order valence-corrected chi connectivity index (χ0v) is 14.4. The Bertz CT molecular complexity index is 288. The molecule has 1 unspecified atom stereocenters. The summed E-state index contributed by atoms with van der Waals surface area (Å²) in [5, 5.41) is 3.28. The van der Waals surface area contributed by atoms with Gasteiger partial charge in [-0.1, -0.05) is 0 Å². The molecule has 2 heterocycles. The summed E-state index contributed by atoms with van der Waals surface area (Å²) in [5.41, 5.74) is 0. The molecule has 2 saturated heterocycles. The first-order chi connectivity index (χ1) is 8.59. The fraction of sp³-hybridized carbons (Fsp3) is 0.929. The van der Waals surface area contributed by atoms with Gasteiger partial charge in [0, 0.05) is 38.8 Å². The number of nitrogens with one attached hydrogen (secondary N) is 1. The van der Waals surface area contributed by atoms with E-state index in [1.807, 2.05) is 11.9 Å². The van der Waals surface area contributed by atoms with Gasteiger partial charge in [-0.2, -0.15) is 0 Å². The molecule has 0 spiro atoms. The van der Waals surface area contributed by atoms with Crippen LogP contribution in [0.25, 0.3) is 0 Å². The summed E-state index contributed by atoms with van der Waals surface area (Å²) in [6, 6.07) is 1.08. The molecule has 120 valence electrons. The number of nitrogens with zero attached hydrogens (tertiary/aromatic N) is 2. The molecule has 0 saturated carbocycles. The van der Waals surface area contributed by atoms with Crippen molar-refractivity contribution in [1.82, 2.24) is 15.1 Å². The average molecular weight is 326 g/mol. The number of hydrogen-bond donors (Lipinski definition) is 1. The summed E-state index contributed by atoms with van der Waals surface area (Å²) < 4.78 is 0. The third-order valence-electron chi connectivity index (χ3n) is 4.53. The van der Waals surface area contributed by atoms with Gasteiger partial charge in [-0.3, -0.25) is 4.79 Å². The first-order valence-corrected chi connectivity index (χ1v) is 7.31. The average Bonchev–Trinajstić information content (AvgIpc) is 2.91. The van der Waals surface area contributed by atoms with E-state index < -0.39 is 0 Å². The van der Waals surface area contributed by atoms with Crippen molar-refractivity contribution in [1.29, 1.82) is 0 Å². The molecule has 0 aromatic rings. The van der Waals surface area contributed by atoms with Crippen molar-refractivity contribution in [2.45, 2.75) is 45.2 Å². The van der Waals surface area contributed by atoms with Crippen LogP contribution in [0.15, 0.2) is 0 Å². The molecule has 1 N–H and O–H groups in total. The van der Waals surface area contributed by atoms with E-state index in [1.165, 1.54) is 0 Å². The maximum Gasteiger partial charge on any atom is 0.227 e. The quantitative estimate of drug-likeness (QED) is 0.859. The molecule has 4 nitrogen and oxygen atoms in total. The van der Waals surface area contributed by atoms with E-state index in [1.54, 1.807) is 0 Å². The largest absolute Gasteiger partial charge is 0.342 e. The second-order valence-corrected chi connectivity index (χ2v) is 6.00. The van der Waals surface area contributed by atoms with E-state index >= 15 is 0 Å². The molecule has 1 amide bonds. The number of hydrogen-bond acceptors (Lipinski definition) is 3. The Balaban J connectivity index is 0.00000180. The fourth-order valence-corrected chi connectivity index (χ4v) is 3.12. The maximum absolute atomic E-state index is 12.3. The van der Waals surface area contributed by atoms with Crippen LogP contribution >= 0.6 is 24.8 Å². The van der Waals surface area contributed by atoms with E-state index in [-0.39, 0.29) is 30.7 Å². The first kappa shape index (κ1) is 20.0. The summed E-state index contributed by atoms with van der Waals surface area (Å²) in [7, 11) is 2.00. The van der Waals surface area contributed by atoms with Gasteiger partial charge in [-0.05, 0) is 39.7 Å². The van der Waals surface area contributed by atoms with Gasteiger partial charge in [0.2, 0.25) is 5.91 Å². The lowest BCUT2D eigenvalue weighted by atomic mass is 10.00. The Morgan fingerprint density at radius 3 is 2.25 bits per heavy atom. The van der Waals surface area contributed by atoms with Gasteiger partial charge in [-0.25, -0.2) is 0 Å². The highest BCUT2D eigenvalue weighted by molar-refractivity contribution is 5.85. The van der Waals surface area contributed by atoms with Gasteiger partial charge in [0.05, 0.1) is 5.92 Å². The van der Waals surface area contributed by atoms with Gasteiger partial charge >= 0.3 is 0 Å². The number of carbonyl (C=O) groups excluding carboxylic acids is 1. The van der Waals surface area contributed by atoms with Gasteiger partial charge in [0.1, 0.15) is 0 Å². The first-order valence-electron chi connectivity index (χ1n) is 7.31. The number of rotatable bonds is 3. The minimum atomic E-state index is 0. The molecular formula is C14H29Cl2N3O.